The number of amides is 1. The van der Waals surface area contributed by atoms with Crippen molar-refractivity contribution in [2.24, 2.45) is 5.73 Å². The van der Waals surface area contributed by atoms with Crippen molar-refractivity contribution < 1.29 is 14.6 Å². The molecule has 0 unspecified atom stereocenters. The number of aromatic nitrogens is 2. The molecule has 5 N–H and O–H groups in total. The minimum absolute atomic E-state index is 0.0694. The first-order valence-electron chi connectivity index (χ1n) is 10.5. The van der Waals surface area contributed by atoms with E-state index in [1.54, 1.807) is 0 Å². The van der Waals surface area contributed by atoms with Crippen LogP contribution in [0.3, 0.4) is 0 Å². The Morgan fingerprint density at radius 2 is 1.93 bits per heavy atom. The third-order valence-corrected chi connectivity index (χ3v) is 5.70. The Hall–Kier alpha value is -1.93. The highest BCUT2D eigenvalue weighted by atomic mass is 16.5. The van der Waals surface area contributed by atoms with Gasteiger partial charge in [-0.25, -0.2) is 4.98 Å². The number of aliphatic hydroxyl groups excluding tert-OH is 1. The van der Waals surface area contributed by atoms with Crippen molar-refractivity contribution in [1.82, 2.24) is 9.97 Å². The van der Waals surface area contributed by atoms with Gasteiger partial charge in [-0.15, -0.1) is 0 Å². The molecule has 0 aliphatic heterocycles. The van der Waals surface area contributed by atoms with E-state index in [4.69, 9.17) is 10.5 Å². The van der Waals surface area contributed by atoms with Crippen LogP contribution in [0.15, 0.2) is 6.20 Å². The first-order valence-corrected chi connectivity index (χ1v) is 10.5. The van der Waals surface area contributed by atoms with Gasteiger partial charge in [-0.3, -0.25) is 4.79 Å². The first-order chi connectivity index (χ1) is 13.5. The van der Waals surface area contributed by atoms with Gasteiger partial charge in [-0.05, 0) is 51.9 Å². The lowest BCUT2D eigenvalue weighted by Gasteiger charge is -2.29. The Kier molecular flexibility index (Phi) is 7.44. The topological polar surface area (TPSA) is 122 Å². The van der Waals surface area contributed by atoms with E-state index in [9.17, 15) is 9.90 Å². The number of nitrogens with two attached hydrogens (primary N) is 1. The van der Waals surface area contributed by atoms with E-state index in [1.807, 2.05) is 6.92 Å². The number of ether oxygens (including phenoxy) is 1. The lowest BCUT2D eigenvalue weighted by Crippen LogP contribution is -2.31. The van der Waals surface area contributed by atoms with E-state index < -0.39 is 5.91 Å². The molecule has 156 valence electrons. The molecule has 28 heavy (non-hydrogen) atoms. The van der Waals surface area contributed by atoms with Crippen molar-refractivity contribution in [2.75, 3.05) is 17.2 Å². The average molecular weight is 392 g/mol. The van der Waals surface area contributed by atoms with Crippen LogP contribution in [0.5, 0.6) is 0 Å². The highest BCUT2D eigenvalue weighted by Gasteiger charge is 2.24. The summed E-state index contributed by atoms with van der Waals surface area (Å²) in [5.41, 5.74) is 5.80. The van der Waals surface area contributed by atoms with Crippen LogP contribution in [0.4, 0.5) is 11.8 Å². The van der Waals surface area contributed by atoms with Crippen molar-refractivity contribution in [2.45, 2.75) is 89.0 Å². The summed E-state index contributed by atoms with van der Waals surface area (Å²) in [7, 11) is 0. The molecule has 2 atom stereocenters. The number of carbonyl (C=O) groups is 1. The molecule has 2 aliphatic carbocycles. The fourth-order valence-corrected chi connectivity index (χ4v) is 4.19. The van der Waals surface area contributed by atoms with E-state index in [-0.39, 0.29) is 17.7 Å². The van der Waals surface area contributed by atoms with Crippen molar-refractivity contribution >= 4 is 17.7 Å². The van der Waals surface area contributed by atoms with E-state index >= 15 is 0 Å². The average Bonchev–Trinajstić information content (AvgIpc) is 2.87. The number of hydrogen-bond donors (Lipinski definition) is 4. The zero-order chi connectivity index (χ0) is 19.9. The SMILES string of the molecule is CCOC1CCC(Nc2ncc(C(N)=O)c(N[C@@H]3CCCC[C@H](O)C3)n2)CC1. The summed E-state index contributed by atoms with van der Waals surface area (Å²) in [6.45, 7) is 2.78. The molecule has 1 aromatic heterocycles. The molecule has 1 amide bonds. The van der Waals surface area contributed by atoms with Crippen LogP contribution in [0.1, 0.15) is 75.1 Å². The van der Waals surface area contributed by atoms with E-state index in [1.165, 1.54) is 6.20 Å². The van der Waals surface area contributed by atoms with Crippen LogP contribution in [-0.2, 0) is 4.74 Å². The summed E-state index contributed by atoms with van der Waals surface area (Å²) in [5, 5.41) is 16.8. The maximum Gasteiger partial charge on any atom is 0.254 e. The molecule has 0 radical (unpaired) electrons. The van der Waals surface area contributed by atoms with Crippen LogP contribution in [-0.4, -0.2) is 51.9 Å². The number of primary amides is 1. The zero-order valence-corrected chi connectivity index (χ0v) is 16.7. The van der Waals surface area contributed by atoms with E-state index in [0.717, 1.165) is 58.0 Å². The molecule has 1 heterocycles. The third kappa shape index (κ3) is 5.78. The molecular formula is C20H33N5O3. The third-order valence-electron chi connectivity index (χ3n) is 5.70. The maximum absolute atomic E-state index is 11.8. The van der Waals surface area contributed by atoms with Gasteiger partial charge in [0.15, 0.2) is 0 Å². The van der Waals surface area contributed by atoms with Gasteiger partial charge >= 0.3 is 0 Å². The summed E-state index contributed by atoms with van der Waals surface area (Å²) in [5.74, 6) is 0.397. The minimum Gasteiger partial charge on any atom is -0.393 e. The standard InChI is InChI=1S/C20H33N5O3/c1-2-28-16-9-7-13(8-10-16)24-20-22-12-17(18(21)27)19(25-20)23-14-5-3-4-6-15(26)11-14/h12-16,26H,2-11H2,1H3,(H2,21,27)(H2,22,23,24,25)/t13?,14-,15+,16?/m1/s1. The molecule has 1 aromatic rings. The quantitative estimate of drug-likeness (QED) is 0.527. The van der Waals surface area contributed by atoms with Crippen molar-refractivity contribution in [1.29, 1.82) is 0 Å². The van der Waals surface area contributed by atoms with E-state index in [2.05, 4.69) is 20.6 Å². The van der Waals surface area contributed by atoms with Crippen LogP contribution >= 0.6 is 0 Å². The summed E-state index contributed by atoms with van der Waals surface area (Å²) >= 11 is 0. The van der Waals surface area contributed by atoms with Crippen LogP contribution < -0.4 is 16.4 Å². The van der Waals surface area contributed by atoms with Gasteiger partial charge in [-0.1, -0.05) is 12.8 Å². The number of rotatable bonds is 7. The number of carbonyl (C=O) groups excluding carboxylic acids is 1. The van der Waals surface area contributed by atoms with Gasteiger partial charge in [0.2, 0.25) is 5.95 Å². The highest BCUT2D eigenvalue weighted by molar-refractivity contribution is 5.97. The number of anilines is 2. The molecular weight excluding hydrogens is 358 g/mol. The monoisotopic (exact) mass is 391 g/mol. The lowest BCUT2D eigenvalue weighted by atomic mass is 9.93. The van der Waals surface area contributed by atoms with Crippen LogP contribution in [0.2, 0.25) is 0 Å². The number of nitrogens with zero attached hydrogens (tertiary/aromatic N) is 2. The predicted octanol–water partition coefficient (Wildman–Crippen LogP) is 2.44. The molecule has 0 bridgehead atoms. The molecule has 0 spiro atoms. The van der Waals surface area contributed by atoms with Gasteiger partial charge in [0.05, 0.1) is 17.8 Å². The lowest BCUT2D eigenvalue weighted by molar-refractivity contribution is 0.0346. The summed E-state index contributed by atoms with van der Waals surface area (Å²) < 4.78 is 5.71. The Balaban J connectivity index is 1.66. The largest absolute Gasteiger partial charge is 0.393 e. The zero-order valence-electron chi connectivity index (χ0n) is 16.7. The van der Waals surface area contributed by atoms with Crippen molar-refractivity contribution in [3.05, 3.63) is 11.8 Å². The second-order valence-corrected chi connectivity index (χ2v) is 7.91. The van der Waals surface area contributed by atoms with Gasteiger partial charge < -0.3 is 26.2 Å². The van der Waals surface area contributed by atoms with Crippen LogP contribution in [0, 0.1) is 0 Å². The number of hydrogen-bond acceptors (Lipinski definition) is 7. The summed E-state index contributed by atoms with van der Waals surface area (Å²) in [4.78, 5) is 20.7. The highest BCUT2D eigenvalue weighted by Crippen LogP contribution is 2.25. The molecule has 2 aliphatic rings. The van der Waals surface area contributed by atoms with Gasteiger partial charge in [0, 0.05) is 24.9 Å². The fraction of sp³-hybridized carbons (Fsp3) is 0.750. The van der Waals surface area contributed by atoms with Crippen LogP contribution in [0.25, 0.3) is 0 Å². The molecule has 0 saturated heterocycles. The Morgan fingerprint density at radius 1 is 1.18 bits per heavy atom. The van der Waals surface area contributed by atoms with Crippen molar-refractivity contribution in [3.63, 3.8) is 0 Å². The Labute approximate surface area is 166 Å². The molecule has 2 fully saturated rings. The second-order valence-electron chi connectivity index (χ2n) is 7.91. The smallest absolute Gasteiger partial charge is 0.254 e. The molecule has 3 rings (SSSR count). The van der Waals surface area contributed by atoms with Crippen molar-refractivity contribution in [3.8, 4) is 0 Å². The Bertz CT molecular complexity index is 649. The normalized spacial score (nSPS) is 28.4. The first kappa shape index (κ1) is 20.8. The second kappa shape index (κ2) is 10.0. The molecule has 2 saturated carbocycles. The Morgan fingerprint density at radius 3 is 2.64 bits per heavy atom. The minimum atomic E-state index is -0.555. The molecule has 8 heteroatoms. The molecule has 0 aromatic carbocycles. The fourth-order valence-electron chi connectivity index (χ4n) is 4.19. The number of nitrogens with one attached hydrogen (secondary N) is 2. The summed E-state index contributed by atoms with van der Waals surface area (Å²) in [6.07, 6.45) is 10.0. The van der Waals surface area contributed by atoms with E-state index in [0.29, 0.717) is 30.3 Å². The van der Waals surface area contributed by atoms with Gasteiger partial charge in [0.1, 0.15) is 5.82 Å². The number of aliphatic hydroxyl groups is 1. The maximum atomic E-state index is 11.8. The van der Waals surface area contributed by atoms with Gasteiger partial charge in [0.25, 0.3) is 5.91 Å². The predicted molar refractivity (Wildman–Crippen MR) is 108 cm³/mol. The van der Waals surface area contributed by atoms with Gasteiger partial charge in [-0.2, -0.15) is 4.98 Å². The molecule has 8 nitrogen and oxygen atoms in total. The summed E-state index contributed by atoms with van der Waals surface area (Å²) in [6, 6.07) is 0.365.